The zero-order valence-electron chi connectivity index (χ0n) is 20.7. The highest BCUT2D eigenvalue weighted by atomic mass is 35.5. The normalized spacial score (nSPS) is 11.8. The third-order valence-corrected chi connectivity index (χ3v) is 6.91. The second kappa shape index (κ2) is 12.9. The van der Waals surface area contributed by atoms with Crippen molar-refractivity contribution >= 4 is 58.4 Å². The van der Waals surface area contributed by atoms with Crippen molar-refractivity contribution in [2.75, 3.05) is 18.2 Å². The summed E-state index contributed by atoms with van der Waals surface area (Å²) >= 11 is 13.4. The lowest BCUT2D eigenvalue weighted by Gasteiger charge is -2.22. The van der Waals surface area contributed by atoms with Gasteiger partial charge in [-0.15, -0.1) is 10.2 Å². The number of thioether (sulfide) groups is 1. The van der Waals surface area contributed by atoms with E-state index in [0.717, 1.165) is 0 Å². The van der Waals surface area contributed by atoms with E-state index in [0.29, 0.717) is 39.4 Å². The van der Waals surface area contributed by atoms with Gasteiger partial charge in [0.1, 0.15) is 0 Å². The number of anilines is 1. The van der Waals surface area contributed by atoms with Crippen molar-refractivity contribution in [3.8, 4) is 0 Å². The fourth-order valence-corrected chi connectivity index (χ4v) is 4.79. The molecule has 0 radical (unpaired) electrons. The fourth-order valence-electron chi connectivity index (χ4n) is 3.49. The number of carbonyl (C=O) groups excluding carboxylic acids is 3. The third kappa shape index (κ3) is 7.24. The Morgan fingerprint density at radius 3 is 2.38 bits per heavy atom. The van der Waals surface area contributed by atoms with E-state index in [1.807, 2.05) is 25.3 Å². The zero-order valence-corrected chi connectivity index (χ0v) is 23.1. The molecule has 2 amide bonds. The topological polar surface area (TPSA) is 115 Å². The number of rotatable bonds is 10. The van der Waals surface area contributed by atoms with Crippen LogP contribution in [0.1, 0.15) is 53.4 Å². The van der Waals surface area contributed by atoms with E-state index in [2.05, 4.69) is 25.6 Å². The average Bonchev–Trinajstić information content (AvgIpc) is 3.28. The van der Waals surface area contributed by atoms with Gasteiger partial charge in [-0.05, 0) is 55.3 Å². The molecular formula is C25H27Cl2N5O4S. The van der Waals surface area contributed by atoms with Gasteiger partial charge in [-0.25, -0.2) is 4.79 Å². The minimum atomic E-state index is -0.449. The van der Waals surface area contributed by atoms with Crippen LogP contribution in [-0.2, 0) is 16.1 Å². The van der Waals surface area contributed by atoms with Crippen molar-refractivity contribution < 1.29 is 19.1 Å². The number of aromatic nitrogens is 3. The van der Waals surface area contributed by atoms with Crippen LogP contribution in [0.25, 0.3) is 0 Å². The first-order chi connectivity index (χ1) is 17.6. The van der Waals surface area contributed by atoms with Gasteiger partial charge in [0.25, 0.3) is 5.91 Å². The van der Waals surface area contributed by atoms with Crippen LogP contribution in [0, 0.1) is 5.92 Å². The molecule has 0 fully saturated rings. The quantitative estimate of drug-likeness (QED) is 0.255. The van der Waals surface area contributed by atoms with Crippen molar-refractivity contribution in [3.05, 3.63) is 69.5 Å². The van der Waals surface area contributed by atoms with Gasteiger partial charge < -0.3 is 19.9 Å². The molecule has 0 spiro atoms. The van der Waals surface area contributed by atoms with Gasteiger partial charge in [0.2, 0.25) is 5.91 Å². The Balaban J connectivity index is 1.69. The van der Waals surface area contributed by atoms with E-state index in [1.54, 1.807) is 36.4 Å². The molecule has 0 unspecified atom stereocenters. The minimum Gasteiger partial charge on any atom is -0.465 e. The maximum Gasteiger partial charge on any atom is 0.337 e. The molecule has 0 saturated heterocycles. The first-order valence-electron chi connectivity index (χ1n) is 11.4. The standard InChI is InChI=1S/C25H27Cl2N5O4S/c1-5-32-22(21(14(2)3)29-23(34)18-11-8-16(26)12-19(18)27)30-31-25(32)37-13-20(33)28-17-9-6-15(7-10-17)24(35)36-4/h6-12,14,21H,5,13H2,1-4H3,(H,28,33)(H,29,34)/t21-/m1/s1. The molecule has 0 saturated carbocycles. The van der Waals surface area contributed by atoms with Gasteiger partial charge in [-0.3, -0.25) is 9.59 Å². The van der Waals surface area contributed by atoms with Crippen molar-refractivity contribution in [3.63, 3.8) is 0 Å². The number of nitrogens with one attached hydrogen (secondary N) is 2. The van der Waals surface area contributed by atoms with E-state index in [9.17, 15) is 14.4 Å². The number of halogens is 2. The van der Waals surface area contributed by atoms with E-state index in [4.69, 9.17) is 23.2 Å². The predicted octanol–water partition coefficient (Wildman–Crippen LogP) is 5.25. The van der Waals surface area contributed by atoms with Crippen LogP contribution in [0.5, 0.6) is 0 Å². The summed E-state index contributed by atoms with van der Waals surface area (Å²) in [6.07, 6.45) is 0. The van der Waals surface area contributed by atoms with E-state index < -0.39 is 12.0 Å². The van der Waals surface area contributed by atoms with Gasteiger partial charge >= 0.3 is 5.97 Å². The lowest BCUT2D eigenvalue weighted by atomic mass is 10.0. The number of methoxy groups -OCH3 is 1. The van der Waals surface area contributed by atoms with Crippen LogP contribution in [0.3, 0.4) is 0 Å². The minimum absolute atomic E-state index is 0.00126. The molecule has 3 aromatic rings. The van der Waals surface area contributed by atoms with Crippen LogP contribution >= 0.6 is 35.0 Å². The highest BCUT2D eigenvalue weighted by Gasteiger charge is 2.27. The van der Waals surface area contributed by atoms with E-state index in [-0.39, 0.29) is 28.5 Å². The molecule has 37 heavy (non-hydrogen) atoms. The molecule has 0 aliphatic carbocycles. The average molecular weight is 564 g/mol. The predicted molar refractivity (Wildman–Crippen MR) is 144 cm³/mol. The maximum absolute atomic E-state index is 13.0. The third-order valence-electron chi connectivity index (χ3n) is 5.39. The maximum atomic E-state index is 13.0. The van der Waals surface area contributed by atoms with Crippen LogP contribution in [-0.4, -0.2) is 45.4 Å². The van der Waals surface area contributed by atoms with Crippen molar-refractivity contribution in [1.82, 2.24) is 20.1 Å². The van der Waals surface area contributed by atoms with E-state index in [1.165, 1.54) is 24.9 Å². The number of hydrogen-bond acceptors (Lipinski definition) is 7. The summed E-state index contributed by atoms with van der Waals surface area (Å²) in [7, 11) is 1.31. The first-order valence-corrected chi connectivity index (χ1v) is 13.2. The summed E-state index contributed by atoms with van der Waals surface area (Å²) in [5.74, 6) is -0.367. The molecular weight excluding hydrogens is 537 g/mol. The molecule has 3 rings (SSSR count). The Bertz CT molecular complexity index is 1280. The number of esters is 1. The number of nitrogens with zero attached hydrogens (tertiary/aromatic N) is 3. The molecule has 1 aromatic heterocycles. The molecule has 1 heterocycles. The molecule has 0 bridgehead atoms. The highest BCUT2D eigenvalue weighted by molar-refractivity contribution is 7.99. The van der Waals surface area contributed by atoms with Crippen molar-refractivity contribution in [2.24, 2.45) is 5.92 Å². The first kappa shape index (κ1) is 28.5. The molecule has 2 aromatic carbocycles. The van der Waals surface area contributed by atoms with E-state index >= 15 is 0 Å². The Morgan fingerprint density at radius 2 is 1.78 bits per heavy atom. The van der Waals surface area contributed by atoms with Crippen LogP contribution < -0.4 is 10.6 Å². The summed E-state index contributed by atoms with van der Waals surface area (Å²) < 4.78 is 6.55. The van der Waals surface area contributed by atoms with Crippen molar-refractivity contribution in [2.45, 2.75) is 38.5 Å². The Morgan fingerprint density at radius 1 is 1.08 bits per heavy atom. The van der Waals surface area contributed by atoms with Gasteiger partial charge in [-0.1, -0.05) is 48.8 Å². The van der Waals surface area contributed by atoms with Crippen LogP contribution in [0.15, 0.2) is 47.6 Å². The Kier molecular flexibility index (Phi) is 9.96. The SMILES string of the molecule is CCn1c(SCC(=O)Nc2ccc(C(=O)OC)cc2)nnc1[C@H](NC(=O)c1ccc(Cl)cc1Cl)C(C)C. The van der Waals surface area contributed by atoms with Crippen LogP contribution in [0.4, 0.5) is 5.69 Å². The second-order valence-electron chi connectivity index (χ2n) is 8.31. The molecule has 0 aliphatic heterocycles. The highest BCUT2D eigenvalue weighted by Crippen LogP contribution is 2.27. The van der Waals surface area contributed by atoms with Gasteiger partial charge in [0.15, 0.2) is 11.0 Å². The van der Waals surface area contributed by atoms with Gasteiger partial charge in [0.05, 0.1) is 35.1 Å². The lowest BCUT2D eigenvalue weighted by molar-refractivity contribution is -0.113. The Hall–Kier alpha value is -3.08. The number of ether oxygens (including phenoxy) is 1. The summed E-state index contributed by atoms with van der Waals surface area (Å²) in [5.41, 5.74) is 1.26. The molecule has 0 aliphatic rings. The monoisotopic (exact) mass is 563 g/mol. The smallest absolute Gasteiger partial charge is 0.337 e. The molecule has 2 N–H and O–H groups in total. The number of carbonyl (C=O) groups is 3. The molecule has 12 heteroatoms. The number of amides is 2. The summed E-state index contributed by atoms with van der Waals surface area (Å²) in [6, 6.07) is 10.7. The molecule has 196 valence electrons. The summed E-state index contributed by atoms with van der Waals surface area (Å²) in [4.78, 5) is 37.0. The summed E-state index contributed by atoms with van der Waals surface area (Å²) in [5, 5.41) is 15.6. The fraction of sp³-hybridized carbons (Fsp3) is 0.320. The van der Waals surface area contributed by atoms with Gasteiger partial charge in [0, 0.05) is 17.3 Å². The molecule has 1 atom stereocenters. The molecule has 9 nitrogen and oxygen atoms in total. The van der Waals surface area contributed by atoms with Gasteiger partial charge in [-0.2, -0.15) is 0 Å². The van der Waals surface area contributed by atoms with Crippen LogP contribution in [0.2, 0.25) is 10.0 Å². The zero-order chi connectivity index (χ0) is 27.1. The number of benzene rings is 2. The Labute approximate surface area is 229 Å². The number of hydrogen-bond donors (Lipinski definition) is 2. The largest absolute Gasteiger partial charge is 0.465 e. The lowest BCUT2D eigenvalue weighted by Crippen LogP contribution is -2.34. The van der Waals surface area contributed by atoms with Crippen molar-refractivity contribution in [1.29, 1.82) is 0 Å². The summed E-state index contributed by atoms with van der Waals surface area (Å²) in [6.45, 7) is 6.42. The second-order valence-corrected chi connectivity index (χ2v) is 10.1.